The number of ether oxygens (including phenoxy) is 3. The minimum absolute atomic E-state index is 0.648. The van der Waals surface area contributed by atoms with E-state index in [-0.39, 0.29) is 0 Å². The summed E-state index contributed by atoms with van der Waals surface area (Å²) in [5.41, 5.74) is 0. The highest BCUT2D eigenvalue weighted by Gasteiger charge is 2.23. The predicted molar refractivity (Wildman–Crippen MR) is 81.1 cm³/mol. The Labute approximate surface area is 121 Å². The van der Waals surface area contributed by atoms with E-state index in [1.165, 1.54) is 25.7 Å². The van der Waals surface area contributed by atoms with Crippen molar-refractivity contribution in [2.24, 2.45) is 0 Å². The molecule has 0 aliphatic heterocycles. The maximum Gasteiger partial charge on any atom is 0.0701 e. The molecule has 2 unspecified atom stereocenters. The monoisotopic (exact) mass is 291 g/mol. The summed E-state index contributed by atoms with van der Waals surface area (Å²) < 4.78 is 15.8. The van der Waals surface area contributed by atoms with Crippen molar-refractivity contribution in [2.45, 2.75) is 37.0 Å². The molecular formula is C14H29NO3S. The molecule has 0 aromatic heterocycles. The van der Waals surface area contributed by atoms with Crippen LogP contribution in [0.5, 0.6) is 0 Å². The van der Waals surface area contributed by atoms with Crippen molar-refractivity contribution in [1.82, 2.24) is 5.32 Å². The molecule has 0 radical (unpaired) electrons. The second-order valence-electron chi connectivity index (χ2n) is 4.84. The highest BCUT2D eigenvalue weighted by atomic mass is 32.2. The summed E-state index contributed by atoms with van der Waals surface area (Å²) in [5.74, 6) is 0. The summed E-state index contributed by atoms with van der Waals surface area (Å²) in [6.45, 7) is 4.34. The van der Waals surface area contributed by atoms with Gasteiger partial charge in [-0.25, -0.2) is 0 Å². The number of hydrogen-bond donors (Lipinski definition) is 1. The van der Waals surface area contributed by atoms with Crippen LogP contribution in [0.25, 0.3) is 0 Å². The zero-order valence-electron chi connectivity index (χ0n) is 12.4. The molecule has 0 saturated heterocycles. The molecule has 1 saturated carbocycles. The van der Waals surface area contributed by atoms with E-state index in [0.717, 1.165) is 18.4 Å². The molecule has 1 aliphatic carbocycles. The minimum Gasteiger partial charge on any atom is -0.382 e. The topological polar surface area (TPSA) is 39.7 Å². The third-order valence-electron chi connectivity index (χ3n) is 3.46. The highest BCUT2D eigenvalue weighted by molar-refractivity contribution is 7.99. The molecule has 0 aromatic rings. The fraction of sp³-hybridized carbons (Fsp3) is 1.00. The molecule has 0 aromatic carbocycles. The molecule has 4 nitrogen and oxygen atoms in total. The molecule has 19 heavy (non-hydrogen) atoms. The van der Waals surface area contributed by atoms with Crippen LogP contribution < -0.4 is 5.32 Å². The van der Waals surface area contributed by atoms with Crippen molar-refractivity contribution in [1.29, 1.82) is 0 Å². The van der Waals surface area contributed by atoms with Crippen molar-refractivity contribution in [3.63, 3.8) is 0 Å². The maximum atomic E-state index is 5.54. The molecule has 1 N–H and O–H groups in total. The summed E-state index contributed by atoms with van der Waals surface area (Å²) in [6, 6.07) is 0.672. The van der Waals surface area contributed by atoms with E-state index in [1.54, 1.807) is 7.11 Å². The molecule has 114 valence electrons. The van der Waals surface area contributed by atoms with Crippen molar-refractivity contribution in [3.8, 4) is 0 Å². The van der Waals surface area contributed by atoms with E-state index in [4.69, 9.17) is 14.2 Å². The standard InChI is InChI=1S/C14H29NO3S/c1-16-9-10-18-12-11-17-8-7-15-13-5-3-4-6-14(13)19-2/h13-15H,3-12H2,1-2H3. The van der Waals surface area contributed by atoms with Gasteiger partial charge in [0.25, 0.3) is 0 Å². The van der Waals surface area contributed by atoms with Crippen LogP contribution in [0.3, 0.4) is 0 Å². The van der Waals surface area contributed by atoms with Gasteiger partial charge in [-0.15, -0.1) is 0 Å². The Hall–Kier alpha value is 0.190. The molecule has 0 amide bonds. The minimum atomic E-state index is 0.648. The highest BCUT2D eigenvalue weighted by Crippen LogP contribution is 2.26. The van der Waals surface area contributed by atoms with Crippen LogP contribution >= 0.6 is 11.8 Å². The number of thioether (sulfide) groups is 1. The summed E-state index contributed by atoms with van der Waals surface area (Å²) in [6.07, 6.45) is 7.64. The molecule has 0 bridgehead atoms. The Morgan fingerprint density at radius 2 is 1.68 bits per heavy atom. The Morgan fingerprint density at radius 1 is 1.00 bits per heavy atom. The SMILES string of the molecule is COCCOCCOCCNC1CCCCC1SC. The Bertz CT molecular complexity index is 207. The van der Waals surface area contributed by atoms with Crippen LogP contribution in [0.4, 0.5) is 0 Å². The number of nitrogens with one attached hydrogen (secondary N) is 1. The molecule has 5 heteroatoms. The van der Waals surface area contributed by atoms with Gasteiger partial charge < -0.3 is 19.5 Å². The van der Waals surface area contributed by atoms with E-state index in [9.17, 15) is 0 Å². The summed E-state index contributed by atoms with van der Waals surface area (Å²) >= 11 is 2.00. The van der Waals surface area contributed by atoms with Gasteiger partial charge in [-0.2, -0.15) is 11.8 Å². The first-order chi connectivity index (χ1) is 9.38. The molecule has 1 aliphatic rings. The lowest BCUT2D eigenvalue weighted by Gasteiger charge is -2.31. The third kappa shape index (κ3) is 8.15. The third-order valence-corrected chi connectivity index (χ3v) is 4.63. The average Bonchev–Trinajstić information content (AvgIpc) is 2.46. The van der Waals surface area contributed by atoms with Crippen LogP contribution in [-0.2, 0) is 14.2 Å². The molecule has 0 spiro atoms. The zero-order valence-corrected chi connectivity index (χ0v) is 13.2. The van der Waals surface area contributed by atoms with Crippen LogP contribution in [0.1, 0.15) is 25.7 Å². The Balaban J connectivity index is 1.89. The first-order valence-electron chi connectivity index (χ1n) is 7.29. The largest absolute Gasteiger partial charge is 0.382 e. The maximum absolute atomic E-state index is 5.54. The van der Waals surface area contributed by atoms with Crippen LogP contribution in [0.2, 0.25) is 0 Å². The number of methoxy groups -OCH3 is 1. The van der Waals surface area contributed by atoms with Crippen LogP contribution in [0, 0.1) is 0 Å². The van der Waals surface area contributed by atoms with Gasteiger partial charge in [-0.3, -0.25) is 0 Å². The van der Waals surface area contributed by atoms with E-state index < -0.39 is 0 Å². The van der Waals surface area contributed by atoms with E-state index in [2.05, 4.69) is 11.6 Å². The first kappa shape index (κ1) is 17.2. The average molecular weight is 291 g/mol. The van der Waals surface area contributed by atoms with Gasteiger partial charge in [0.15, 0.2) is 0 Å². The van der Waals surface area contributed by atoms with Gasteiger partial charge in [0.1, 0.15) is 0 Å². The predicted octanol–water partition coefficient (Wildman–Crippen LogP) is 1.93. The molecule has 0 heterocycles. The van der Waals surface area contributed by atoms with Gasteiger partial charge in [0.05, 0.1) is 33.0 Å². The number of hydrogen-bond acceptors (Lipinski definition) is 5. The fourth-order valence-electron chi connectivity index (χ4n) is 2.39. The van der Waals surface area contributed by atoms with E-state index in [0.29, 0.717) is 32.5 Å². The van der Waals surface area contributed by atoms with E-state index >= 15 is 0 Å². The number of rotatable bonds is 11. The van der Waals surface area contributed by atoms with Crippen molar-refractivity contribution < 1.29 is 14.2 Å². The lowest BCUT2D eigenvalue weighted by molar-refractivity contribution is 0.0251. The van der Waals surface area contributed by atoms with Gasteiger partial charge in [-0.1, -0.05) is 12.8 Å². The summed E-state index contributed by atoms with van der Waals surface area (Å²) in [4.78, 5) is 0. The van der Waals surface area contributed by atoms with Crippen molar-refractivity contribution >= 4 is 11.8 Å². The van der Waals surface area contributed by atoms with Gasteiger partial charge in [0.2, 0.25) is 0 Å². The molecular weight excluding hydrogens is 262 g/mol. The van der Waals surface area contributed by atoms with Crippen molar-refractivity contribution in [2.75, 3.05) is 52.9 Å². The Kier molecular flexibility index (Phi) is 10.9. The Morgan fingerprint density at radius 3 is 2.42 bits per heavy atom. The van der Waals surface area contributed by atoms with Gasteiger partial charge in [-0.05, 0) is 19.1 Å². The summed E-state index contributed by atoms with van der Waals surface area (Å²) in [7, 11) is 1.68. The quantitative estimate of drug-likeness (QED) is 0.589. The van der Waals surface area contributed by atoms with Crippen LogP contribution in [-0.4, -0.2) is 64.2 Å². The smallest absolute Gasteiger partial charge is 0.0701 e. The van der Waals surface area contributed by atoms with Crippen molar-refractivity contribution in [3.05, 3.63) is 0 Å². The fourth-order valence-corrected chi connectivity index (χ4v) is 3.36. The molecule has 1 rings (SSSR count). The second-order valence-corrected chi connectivity index (χ2v) is 5.91. The second kappa shape index (κ2) is 12.0. The molecule has 1 fully saturated rings. The van der Waals surface area contributed by atoms with Gasteiger partial charge >= 0.3 is 0 Å². The normalized spacial score (nSPS) is 23.7. The zero-order chi connectivity index (χ0) is 13.8. The van der Waals surface area contributed by atoms with Crippen LogP contribution in [0.15, 0.2) is 0 Å². The lowest BCUT2D eigenvalue weighted by atomic mass is 9.95. The first-order valence-corrected chi connectivity index (χ1v) is 8.58. The molecule has 2 atom stereocenters. The summed E-state index contributed by atoms with van der Waals surface area (Å²) in [5, 5.41) is 4.41. The van der Waals surface area contributed by atoms with E-state index in [1.807, 2.05) is 11.8 Å². The lowest BCUT2D eigenvalue weighted by Crippen LogP contribution is -2.41. The van der Waals surface area contributed by atoms with Gasteiger partial charge in [0, 0.05) is 24.9 Å².